The second kappa shape index (κ2) is 3.69. The lowest BCUT2D eigenvalue weighted by Gasteiger charge is -2.25. The minimum absolute atomic E-state index is 0.507. The zero-order valence-electron chi connectivity index (χ0n) is 8.73. The van der Waals surface area contributed by atoms with Crippen molar-refractivity contribution in [3.63, 3.8) is 0 Å². The van der Waals surface area contributed by atoms with E-state index in [1.54, 1.807) is 0 Å². The minimum Gasteiger partial charge on any atom is -0.395 e. The van der Waals surface area contributed by atoms with Crippen molar-refractivity contribution in [3.8, 4) is 0 Å². The van der Waals surface area contributed by atoms with Gasteiger partial charge >= 0.3 is 0 Å². The summed E-state index contributed by atoms with van der Waals surface area (Å²) in [5.74, 6) is 1.09. The number of hydrogen-bond donors (Lipinski definition) is 0. The molecule has 2 atom stereocenters. The van der Waals surface area contributed by atoms with Crippen molar-refractivity contribution in [2.45, 2.75) is 25.2 Å². The molecule has 15 heavy (non-hydrogen) atoms. The number of benzene rings is 1. The van der Waals surface area contributed by atoms with E-state index in [0.717, 1.165) is 6.61 Å². The molecule has 0 radical (unpaired) electrons. The predicted octanol–water partition coefficient (Wildman–Crippen LogP) is 2.96. The molecule has 0 saturated heterocycles. The van der Waals surface area contributed by atoms with E-state index in [1.807, 2.05) is 0 Å². The number of hydrogen-bond acceptors (Lipinski definition) is 2. The first-order valence-corrected chi connectivity index (χ1v) is 5.70. The van der Waals surface area contributed by atoms with Gasteiger partial charge < -0.3 is 4.84 Å². The van der Waals surface area contributed by atoms with E-state index in [4.69, 9.17) is 4.84 Å². The van der Waals surface area contributed by atoms with Gasteiger partial charge in [0.1, 0.15) is 6.61 Å². The zero-order valence-corrected chi connectivity index (χ0v) is 8.73. The van der Waals surface area contributed by atoms with Crippen LogP contribution in [-0.4, -0.2) is 12.3 Å². The highest BCUT2D eigenvalue weighted by Crippen LogP contribution is 2.36. The maximum absolute atomic E-state index is 5.23. The second-order valence-electron chi connectivity index (χ2n) is 4.40. The van der Waals surface area contributed by atoms with Crippen LogP contribution in [0.15, 0.2) is 35.5 Å². The Morgan fingerprint density at radius 3 is 2.87 bits per heavy atom. The van der Waals surface area contributed by atoms with E-state index >= 15 is 0 Å². The lowest BCUT2D eigenvalue weighted by Crippen LogP contribution is -2.25. The molecule has 1 aliphatic carbocycles. The fourth-order valence-electron chi connectivity index (χ4n) is 2.68. The molecule has 1 aliphatic heterocycles. The zero-order chi connectivity index (χ0) is 10.1. The van der Waals surface area contributed by atoms with Crippen LogP contribution in [0.5, 0.6) is 0 Å². The van der Waals surface area contributed by atoms with E-state index in [2.05, 4.69) is 35.5 Å². The number of rotatable bonds is 1. The molecule has 2 heteroatoms. The Kier molecular flexibility index (Phi) is 2.20. The van der Waals surface area contributed by atoms with Gasteiger partial charge in [0.25, 0.3) is 0 Å². The van der Waals surface area contributed by atoms with Gasteiger partial charge in [0, 0.05) is 11.8 Å². The molecule has 1 heterocycles. The monoisotopic (exact) mass is 201 g/mol. The van der Waals surface area contributed by atoms with E-state index in [1.165, 1.54) is 30.5 Å². The first kappa shape index (κ1) is 8.96. The molecule has 3 rings (SSSR count). The molecular formula is C13H15NO. The summed E-state index contributed by atoms with van der Waals surface area (Å²) in [5, 5.41) is 4.23. The molecule has 1 aromatic rings. The van der Waals surface area contributed by atoms with Gasteiger partial charge in [-0.25, -0.2) is 0 Å². The summed E-state index contributed by atoms with van der Waals surface area (Å²) >= 11 is 0. The largest absolute Gasteiger partial charge is 0.395 e. The average molecular weight is 201 g/mol. The molecular weight excluding hydrogens is 186 g/mol. The summed E-state index contributed by atoms with van der Waals surface area (Å²) in [6.45, 7) is 0.804. The van der Waals surface area contributed by atoms with Crippen LogP contribution in [0.1, 0.15) is 30.7 Å². The maximum atomic E-state index is 5.23. The topological polar surface area (TPSA) is 21.6 Å². The molecule has 0 amide bonds. The Balaban J connectivity index is 1.92. The summed E-state index contributed by atoms with van der Waals surface area (Å²) in [4.78, 5) is 5.23. The van der Waals surface area contributed by atoms with Crippen molar-refractivity contribution in [1.82, 2.24) is 0 Å². The molecule has 0 bridgehead atoms. The Morgan fingerprint density at radius 2 is 2.00 bits per heavy atom. The Bertz CT molecular complexity index is 371. The van der Waals surface area contributed by atoms with E-state index < -0.39 is 0 Å². The second-order valence-corrected chi connectivity index (χ2v) is 4.40. The van der Waals surface area contributed by atoms with Gasteiger partial charge in [0.15, 0.2) is 0 Å². The van der Waals surface area contributed by atoms with Crippen LogP contribution in [0.2, 0.25) is 0 Å². The molecule has 1 fully saturated rings. The van der Waals surface area contributed by atoms with Crippen LogP contribution >= 0.6 is 0 Å². The van der Waals surface area contributed by atoms with Crippen molar-refractivity contribution < 1.29 is 4.84 Å². The quantitative estimate of drug-likeness (QED) is 0.684. The van der Waals surface area contributed by atoms with Gasteiger partial charge in [0.05, 0.1) is 5.71 Å². The van der Waals surface area contributed by atoms with Crippen molar-refractivity contribution >= 4 is 5.71 Å². The van der Waals surface area contributed by atoms with Crippen molar-refractivity contribution in [2.75, 3.05) is 6.61 Å². The lowest BCUT2D eigenvalue weighted by atomic mass is 9.77. The van der Waals surface area contributed by atoms with E-state index in [-0.39, 0.29) is 0 Å². The third-order valence-electron chi connectivity index (χ3n) is 3.47. The van der Waals surface area contributed by atoms with Crippen LogP contribution < -0.4 is 0 Å². The third-order valence-corrected chi connectivity index (χ3v) is 3.47. The lowest BCUT2D eigenvalue weighted by molar-refractivity contribution is 0.152. The smallest absolute Gasteiger partial charge is 0.125 e. The molecule has 2 aliphatic rings. The first-order chi connectivity index (χ1) is 7.45. The summed E-state index contributed by atoms with van der Waals surface area (Å²) in [6, 6.07) is 10.7. The highest BCUT2D eigenvalue weighted by atomic mass is 16.6. The maximum Gasteiger partial charge on any atom is 0.125 e. The van der Waals surface area contributed by atoms with Crippen LogP contribution in [0.25, 0.3) is 0 Å². The highest BCUT2D eigenvalue weighted by molar-refractivity contribution is 5.94. The SMILES string of the molecule is c1ccc([C@H]2CCC[C@@H]3CON=C32)cc1. The molecule has 1 aromatic carbocycles. The predicted molar refractivity (Wildman–Crippen MR) is 59.9 cm³/mol. The van der Waals surface area contributed by atoms with Gasteiger partial charge in [-0.3, -0.25) is 0 Å². The van der Waals surface area contributed by atoms with Crippen molar-refractivity contribution in [2.24, 2.45) is 11.1 Å². The molecule has 1 saturated carbocycles. The number of nitrogens with zero attached hydrogens (tertiary/aromatic N) is 1. The van der Waals surface area contributed by atoms with Gasteiger partial charge in [-0.1, -0.05) is 41.9 Å². The minimum atomic E-state index is 0.507. The van der Waals surface area contributed by atoms with Crippen LogP contribution in [0.4, 0.5) is 0 Å². The Morgan fingerprint density at radius 1 is 1.13 bits per heavy atom. The number of fused-ring (bicyclic) bond motifs is 1. The fourth-order valence-corrected chi connectivity index (χ4v) is 2.68. The third kappa shape index (κ3) is 1.54. The summed E-state index contributed by atoms with van der Waals surface area (Å²) in [7, 11) is 0. The molecule has 0 aromatic heterocycles. The summed E-state index contributed by atoms with van der Waals surface area (Å²) in [6.07, 6.45) is 3.78. The first-order valence-electron chi connectivity index (χ1n) is 5.70. The fraction of sp³-hybridized carbons (Fsp3) is 0.462. The molecule has 0 N–H and O–H groups in total. The standard InChI is InChI=1S/C13H15NO/c1-2-5-10(6-3-1)12-8-4-7-11-9-15-14-13(11)12/h1-3,5-6,11-12H,4,7-9H2/t11-,12-/m1/s1. The van der Waals surface area contributed by atoms with E-state index in [9.17, 15) is 0 Å². The van der Waals surface area contributed by atoms with Gasteiger partial charge in [-0.15, -0.1) is 0 Å². The van der Waals surface area contributed by atoms with Crippen molar-refractivity contribution in [1.29, 1.82) is 0 Å². The van der Waals surface area contributed by atoms with Gasteiger partial charge in [-0.2, -0.15) is 0 Å². The van der Waals surface area contributed by atoms with Gasteiger partial charge in [-0.05, 0) is 18.4 Å². The van der Waals surface area contributed by atoms with Crippen LogP contribution in [0.3, 0.4) is 0 Å². The van der Waals surface area contributed by atoms with Gasteiger partial charge in [0.2, 0.25) is 0 Å². The summed E-state index contributed by atoms with van der Waals surface area (Å²) in [5.41, 5.74) is 2.68. The molecule has 0 spiro atoms. The van der Waals surface area contributed by atoms with Crippen LogP contribution in [0, 0.1) is 5.92 Å². The van der Waals surface area contributed by atoms with Crippen molar-refractivity contribution in [3.05, 3.63) is 35.9 Å². The summed E-state index contributed by atoms with van der Waals surface area (Å²) < 4.78 is 0. The van der Waals surface area contributed by atoms with E-state index in [0.29, 0.717) is 11.8 Å². The number of oxime groups is 1. The molecule has 0 unspecified atom stereocenters. The average Bonchev–Trinajstić information content (AvgIpc) is 2.78. The normalized spacial score (nSPS) is 29.2. The van der Waals surface area contributed by atoms with Crippen LogP contribution in [-0.2, 0) is 4.84 Å². The Hall–Kier alpha value is -1.31. The highest BCUT2D eigenvalue weighted by Gasteiger charge is 2.34. The molecule has 78 valence electrons. The Labute approximate surface area is 89.9 Å². The molecule has 2 nitrogen and oxygen atoms in total.